The lowest BCUT2D eigenvalue weighted by atomic mass is 9.63. The number of rotatable bonds is 3. The largest absolute Gasteiger partial charge is 0.269 e. The van der Waals surface area contributed by atoms with Gasteiger partial charge in [-0.2, -0.15) is 0 Å². The summed E-state index contributed by atoms with van der Waals surface area (Å²) >= 11 is 5.98. The molecule has 9 heteroatoms. The SMILES string of the molecule is Cc1nc2cc(C3CC34CCC4C3CN(C)[N+](=O)C3)nc(-c3ccc(Cl)cc3F)n2c(=O)c1C. The lowest BCUT2D eigenvalue weighted by Gasteiger charge is -2.41. The van der Waals surface area contributed by atoms with Gasteiger partial charge in [-0.3, -0.25) is 4.79 Å². The van der Waals surface area contributed by atoms with Gasteiger partial charge in [0.15, 0.2) is 5.82 Å². The molecule has 0 N–H and O–H groups in total. The Morgan fingerprint density at radius 2 is 2.03 bits per heavy atom. The van der Waals surface area contributed by atoms with Crippen LogP contribution in [0.15, 0.2) is 29.1 Å². The summed E-state index contributed by atoms with van der Waals surface area (Å²) in [6, 6.07) is 6.30. The molecule has 1 spiro atoms. The quantitative estimate of drug-likeness (QED) is 0.520. The number of hydrazine groups is 1. The Labute approximate surface area is 201 Å². The molecule has 0 radical (unpaired) electrons. The van der Waals surface area contributed by atoms with E-state index in [4.69, 9.17) is 16.6 Å². The first-order valence-electron chi connectivity index (χ1n) is 11.7. The number of hydrogen-bond acceptors (Lipinski definition) is 4. The molecule has 176 valence electrons. The van der Waals surface area contributed by atoms with E-state index >= 15 is 0 Å². The molecule has 1 aromatic carbocycles. The van der Waals surface area contributed by atoms with Crippen LogP contribution in [0.5, 0.6) is 0 Å². The third-order valence-electron chi connectivity index (χ3n) is 8.45. The maximum Gasteiger partial charge on any atom is 0.262 e. The average Bonchev–Trinajstić information content (AvgIpc) is 3.47. The van der Waals surface area contributed by atoms with Crippen LogP contribution >= 0.6 is 11.6 Å². The number of fused-ring (bicyclic) bond motifs is 1. The molecule has 4 unspecified atom stereocenters. The van der Waals surface area contributed by atoms with Gasteiger partial charge in [-0.15, -0.1) is 5.01 Å². The van der Waals surface area contributed by atoms with Gasteiger partial charge in [-0.25, -0.2) is 18.8 Å². The first-order valence-corrected chi connectivity index (χ1v) is 12.1. The van der Waals surface area contributed by atoms with Crippen LogP contribution in [-0.2, 0) is 0 Å². The molecule has 2 saturated carbocycles. The molecule has 0 bridgehead atoms. The van der Waals surface area contributed by atoms with Crippen molar-refractivity contribution in [2.45, 2.75) is 39.0 Å². The second-order valence-corrected chi connectivity index (χ2v) is 10.7. The highest BCUT2D eigenvalue weighted by Gasteiger charge is 2.67. The van der Waals surface area contributed by atoms with Crippen LogP contribution < -0.4 is 5.56 Å². The van der Waals surface area contributed by atoms with Crippen molar-refractivity contribution in [1.82, 2.24) is 19.4 Å². The Balaban J connectivity index is 1.47. The van der Waals surface area contributed by atoms with E-state index in [1.807, 2.05) is 20.0 Å². The van der Waals surface area contributed by atoms with E-state index in [9.17, 15) is 14.1 Å². The van der Waals surface area contributed by atoms with Gasteiger partial charge < -0.3 is 0 Å². The Bertz CT molecular complexity index is 1440. The molecule has 3 heterocycles. The van der Waals surface area contributed by atoms with Gasteiger partial charge in [0.25, 0.3) is 5.56 Å². The van der Waals surface area contributed by atoms with Crippen molar-refractivity contribution in [3.8, 4) is 11.4 Å². The van der Waals surface area contributed by atoms with E-state index in [0.717, 1.165) is 36.4 Å². The normalized spacial score (nSPS) is 28.1. The van der Waals surface area contributed by atoms with Crippen LogP contribution in [0.4, 0.5) is 4.39 Å². The molecule has 6 rings (SSSR count). The molecular formula is C25H26ClFN5O2+. The van der Waals surface area contributed by atoms with Gasteiger partial charge in [0, 0.05) is 28.3 Å². The lowest BCUT2D eigenvalue weighted by Crippen LogP contribution is -2.37. The van der Waals surface area contributed by atoms with Gasteiger partial charge in [0.2, 0.25) is 6.54 Å². The van der Waals surface area contributed by atoms with Gasteiger partial charge in [-0.05, 0) is 62.6 Å². The monoisotopic (exact) mass is 482 g/mol. The van der Waals surface area contributed by atoms with Crippen LogP contribution in [0, 0.1) is 41.8 Å². The van der Waals surface area contributed by atoms with Crippen LogP contribution in [0.2, 0.25) is 5.02 Å². The summed E-state index contributed by atoms with van der Waals surface area (Å²) in [5.41, 5.74) is 2.60. The number of aryl methyl sites for hydroxylation is 1. The average molecular weight is 483 g/mol. The number of nitroso groups, excluding NO2 is 1. The molecule has 7 nitrogen and oxygen atoms in total. The molecule has 1 aliphatic heterocycles. The maximum absolute atomic E-state index is 15.0. The second kappa shape index (κ2) is 7.31. The van der Waals surface area contributed by atoms with Crippen LogP contribution in [0.25, 0.3) is 17.0 Å². The zero-order valence-corrected chi connectivity index (χ0v) is 20.1. The van der Waals surface area contributed by atoms with E-state index in [1.54, 1.807) is 24.1 Å². The molecule has 4 atom stereocenters. The molecule has 3 aromatic rings. The topological polar surface area (TPSA) is 70.6 Å². The fraction of sp³-hybridized carbons (Fsp3) is 0.480. The minimum Gasteiger partial charge on any atom is -0.269 e. The highest BCUT2D eigenvalue weighted by Crippen LogP contribution is 2.74. The van der Waals surface area contributed by atoms with Crippen molar-refractivity contribution in [2.24, 2.45) is 17.3 Å². The van der Waals surface area contributed by atoms with E-state index in [1.165, 1.54) is 10.5 Å². The maximum atomic E-state index is 15.0. The number of aromatic nitrogens is 3. The molecule has 3 fully saturated rings. The predicted octanol–water partition coefficient (Wildman–Crippen LogP) is 4.31. The van der Waals surface area contributed by atoms with E-state index in [0.29, 0.717) is 35.3 Å². The first kappa shape index (κ1) is 21.6. The minimum absolute atomic E-state index is 0.137. The van der Waals surface area contributed by atoms with Crippen molar-refractivity contribution < 1.29 is 9.26 Å². The van der Waals surface area contributed by atoms with Crippen molar-refractivity contribution >= 4 is 17.2 Å². The lowest BCUT2D eigenvalue weighted by molar-refractivity contribution is -0.680. The smallest absolute Gasteiger partial charge is 0.262 e. The number of hydrogen-bond donors (Lipinski definition) is 0. The zero-order valence-electron chi connectivity index (χ0n) is 19.4. The predicted molar refractivity (Wildman–Crippen MR) is 126 cm³/mol. The van der Waals surface area contributed by atoms with E-state index < -0.39 is 5.82 Å². The van der Waals surface area contributed by atoms with Crippen molar-refractivity contribution in [2.75, 3.05) is 20.1 Å². The van der Waals surface area contributed by atoms with E-state index in [-0.39, 0.29) is 33.3 Å². The molecule has 1 saturated heterocycles. The fourth-order valence-corrected chi connectivity index (χ4v) is 6.44. The molecule has 2 aromatic heterocycles. The standard InChI is InChI=1S/C25H26ClFN5O2/c1-13-14(2)28-22-9-21(19-10-25(19)7-6-18(25)15-11-30(3)31(34)12-15)29-23(32(22)24(13)33)17-5-4-16(26)8-20(17)27/h4-5,8-9,15,18-19H,6-7,10-12H2,1-3H3/q+1. The van der Waals surface area contributed by atoms with Gasteiger partial charge in [0.05, 0.1) is 35.7 Å². The highest BCUT2D eigenvalue weighted by molar-refractivity contribution is 6.30. The van der Waals surface area contributed by atoms with Gasteiger partial charge >= 0.3 is 0 Å². The van der Waals surface area contributed by atoms with Gasteiger partial charge in [-0.1, -0.05) is 11.6 Å². The third kappa shape index (κ3) is 3.04. The van der Waals surface area contributed by atoms with Gasteiger partial charge in [0.1, 0.15) is 16.3 Å². The number of nitrogens with zero attached hydrogens (tertiary/aromatic N) is 5. The number of halogens is 2. The first-order chi connectivity index (χ1) is 16.2. The molecule has 34 heavy (non-hydrogen) atoms. The van der Waals surface area contributed by atoms with Crippen LogP contribution in [0.3, 0.4) is 0 Å². The Kier molecular flexibility index (Phi) is 4.66. The van der Waals surface area contributed by atoms with Crippen molar-refractivity contribution in [3.63, 3.8) is 0 Å². The third-order valence-corrected chi connectivity index (χ3v) is 8.68. The Hall–Kier alpha value is -2.87. The summed E-state index contributed by atoms with van der Waals surface area (Å²) in [6.45, 7) is 4.85. The second-order valence-electron chi connectivity index (χ2n) is 10.2. The summed E-state index contributed by atoms with van der Waals surface area (Å²) in [6.07, 6.45) is 3.22. The summed E-state index contributed by atoms with van der Waals surface area (Å²) < 4.78 is 16.4. The molecule has 0 amide bonds. The Morgan fingerprint density at radius 3 is 2.68 bits per heavy atom. The minimum atomic E-state index is -0.528. The summed E-state index contributed by atoms with van der Waals surface area (Å²) in [4.78, 5) is 35.9. The Morgan fingerprint density at radius 1 is 1.24 bits per heavy atom. The van der Waals surface area contributed by atoms with E-state index in [2.05, 4.69) is 4.98 Å². The summed E-state index contributed by atoms with van der Waals surface area (Å²) in [7, 11) is 1.84. The molecule has 3 aliphatic rings. The fourth-order valence-electron chi connectivity index (χ4n) is 6.28. The number of benzene rings is 1. The van der Waals surface area contributed by atoms with Crippen LogP contribution in [-0.4, -0.2) is 44.4 Å². The van der Waals surface area contributed by atoms with Crippen LogP contribution in [0.1, 0.15) is 42.1 Å². The molecule has 2 aliphatic carbocycles. The molecular weight excluding hydrogens is 457 g/mol. The zero-order chi connectivity index (χ0) is 23.9. The summed E-state index contributed by atoms with van der Waals surface area (Å²) in [5, 5.41) is 2.04. The summed E-state index contributed by atoms with van der Waals surface area (Å²) in [5.74, 6) is 0.768. The highest BCUT2D eigenvalue weighted by atomic mass is 35.5. The van der Waals surface area contributed by atoms with Crippen molar-refractivity contribution in [3.05, 3.63) is 67.3 Å². The van der Waals surface area contributed by atoms with Crippen molar-refractivity contribution in [1.29, 1.82) is 0 Å².